The van der Waals surface area contributed by atoms with Gasteiger partial charge in [-0.25, -0.2) is 0 Å². The van der Waals surface area contributed by atoms with Crippen LogP contribution < -0.4 is 0 Å². The molecule has 5 heteroatoms. The van der Waals surface area contributed by atoms with Crippen LogP contribution in [0.4, 0.5) is 0 Å². The third-order valence-corrected chi connectivity index (χ3v) is 2.43. The van der Waals surface area contributed by atoms with E-state index in [-0.39, 0.29) is 0 Å². The second-order valence-electron chi connectivity index (χ2n) is 4.01. The van der Waals surface area contributed by atoms with Crippen LogP contribution in [0.2, 0.25) is 0 Å². The molecule has 0 aliphatic heterocycles. The fraction of sp³-hybridized carbons (Fsp3) is 0.917. The molecule has 0 amide bonds. The Morgan fingerprint density at radius 1 is 0.882 bits per heavy atom. The predicted molar refractivity (Wildman–Crippen MR) is 71.3 cm³/mol. The first-order valence-electron chi connectivity index (χ1n) is 6.38. The molecular weight excluding hydrogens is 240 g/mol. The van der Waals surface area contributed by atoms with Crippen molar-refractivity contribution in [1.29, 1.82) is 0 Å². The van der Waals surface area contributed by atoms with Crippen molar-refractivity contribution in [2.24, 2.45) is 0 Å². The number of unbranched alkanes of at least 4 members (excludes halogenated alkanes) is 9. The highest BCUT2D eigenvalue weighted by molar-refractivity contribution is 7.73. The van der Waals surface area contributed by atoms with Crippen LogP contribution in [0.15, 0.2) is 0 Å². The number of aldehydes is 1. The van der Waals surface area contributed by atoms with Gasteiger partial charge < -0.3 is 4.79 Å². The Morgan fingerprint density at radius 2 is 1.24 bits per heavy atom. The van der Waals surface area contributed by atoms with E-state index in [9.17, 15) is 4.79 Å². The van der Waals surface area contributed by atoms with Crippen molar-refractivity contribution in [2.45, 2.75) is 71.1 Å². The topological polar surface area (TPSA) is 74.6 Å². The Hall–Kier alpha value is -0.260. The van der Waals surface area contributed by atoms with Crippen LogP contribution in [0.3, 0.4) is 0 Å². The fourth-order valence-electron chi connectivity index (χ4n) is 1.54. The van der Waals surface area contributed by atoms with Crippen LogP contribution in [0.25, 0.3) is 0 Å². The highest BCUT2D eigenvalue weighted by atomic mass is 32.2. The van der Waals surface area contributed by atoms with E-state index < -0.39 is 11.4 Å². The van der Waals surface area contributed by atoms with Gasteiger partial charge in [0.05, 0.1) is 0 Å². The Labute approximate surface area is 107 Å². The maximum Gasteiger partial charge on any atom is 0.299 e. The highest BCUT2D eigenvalue weighted by Crippen LogP contribution is 2.09. The maximum absolute atomic E-state index is 10.0. The zero-order valence-corrected chi connectivity index (χ0v) is 11.6. The van der Waals surface area contributed by atoms with E-state index in [0.717, 1.165) is 19.1 Å². The number of rotatable bonds is 10. The molecule has 0 unspecified atom stereocenters. The standard InChI is InChI=1S/C12H24O.H2O3S/c1-2-3-4-5-6-7-8-9-10-11-12-13;1-4(2)3/h12H,2-11H2,1H3;(H2,1,2,3). The maximum atomic E-state index is 10.0. The molecule has 0 aromatic rings. The largest absolute Gasteiger partial charge is 0.303 e. The Balaban J connectivity index is 0. The number of carbonyl (C=O) groups is 1. The van der Waals surface area contributed by atoms with E-state index in [1.54, 1.807) is 0 Å². The molecule has 0 radical (unpaired) electrons. The van der Waals surface area contributed by atoms with Gasteiger partial charge in [0.2, 0.25) is 0 Å². The van der Waals surface area contributed by atoms with Crippen LogP contribution >= 0.6 is 0 Å². The molecule has 0 rings (SSSR count). The number of carbonyl (C=O) groups excluding carboxylic acids is 1. The average molecular weight is 266 g/mol. The van der Waals surface area contributed by atoms with Gasteiger partial charge in [-0.2, -0.15) is 4.21 Å². The van der Waals surface area contributed by atoms with E-state index in [1.165, 1.54) is 51.4 Å². The molecule has 0 aromatic heterocycles. The second kappa shape index (κ2) is 18.1. The van der Waals surface area contributed by atoms with E-state index in [4.69, 9.17) is 13.3 Å². The van der Waals surface area contributed by atoms with Gasteiger partial charge in [-0.3, -0.25) is 9.11 Å². The molecule has 0 aliphatic carbocycles. The molecule has 0 fully saturated rings. The van der Waals surface area contributed by atoms with Crippen LogP contribution in [0.1, 0.15) is 71.1 Å². The van der Waals surface area contributed by atoms with Crippen LogP contribution in [0.5, 0.6) is 0 Å². The highest BCUT2D eigenvalue weighted by Gasteiger charge is 1.91. The van der Waals surface area contributed by atoms with Gasteiger partial charge >= 0.3 is 0 Å². The summed E-state index contributed by atoms with van der Waals surface area (Å²) in [6.07, 6.45) is 13.7. The van der Waals surface area contributed by atoms with E-state index >= 15 is 0 Å². The lowest BCUT2D eigenvalue weighted by Crippen LogP contribution is -1.81. The van der Waals surface area contributed by atoms with Gasteiger partial charge in [-0.1, -0.05) is 58.3 Å². The molecule has 0 aromatic carbocycles. The summed E-state index contributed by atoms with van der Waals surface area (Å²) in [6, 6.07) is 0. The molecule has 0 saturated carbocycles. The minimum atomic E-state index is -2.61. The molecule has 0 saturated heterocycles. The molecule has 0 spiro atoms. The lowest BCUT2D eigenvalue weighted by Gasteiger charge is -1.99. The molecule has 4 nitrogen and oxygen atoms in total. The quantitative estimate of drug-likeness (QED) is 0.358. The lowest BCUT2D eigenvalue weighted by atomic mass is 10.1. The SMILES string of the molecule is CCCCCCCCCCCC=O.O=S(O)O. The van der Waals surface area contributed by atoms with Gasteiger partial charge in [-0.15, -0.1) is 0 Å². The predicted octanol–water partition coefficient (Wildman–Crippen LogP) is 3.79. The summed E-state index contributed by atoms with van der Waals surface area (Å²) in [4.78, 5) is 10.0. The third-order valence-electron chi connectivity index (χ3n) is 2.43. The van der Waals surface area contributed by atoms with E-state index in [1.807, 2.05) is 0 Å². The fourth-order valence-corrected chi connectivity index (χ4v) is 1.54. The van der Waals surface area contributed by atoms with Crippen LogP contribution in [-0.2, 0) is 16.2 Å². The van der Waals surface area contributed by atoms with Gasteiger partial charge in [0.25, 0.3) is 11.4 Å². The summed E-state index contributed by atoms with van der Waals surface area (Å²) in [5.74, 6) is 0. The molecule has 17 heavy (non-hydrogen) atoms. The Bertz CT molecular complexity index is 170. The van der Waals surface area contributed by atoms with Crippen LogP contribution in [-0.4, -0.2) is 19.6 Å². The van der Waals surface area contributed by atoms with Crippen molar-refractivity contribution in [2.75, 3.05) is 0 Å². The molecule has 0 bridgehead atoms. The minimum absolute atomic E-state index is 0.760. The lowest BCUT2D eigenvalue weighted by molar-refractivity contribution is -0.107. The molecule has 0 atom stereocenters. The van der Waals surface area contributed by atoms with Crippen molar-refractivity contribution >= 4 is 17.6 Å². The number of hydrogen-bond acceptors (Lipinski definition) is 2. The summed E-state index contributed by atoms with van der Waals surface area (Å²) >= 11 is -2.61. The average Bonchev–Trinajstić information content (AvgIpc) is 2.26. The van der Waals surface area contributed by atoms with E-state index in [0.29, 0.717) is 0 Å². The smallest absolute Gasteiger partial charge is 0.299 e. The summed E-state index contributed by atoms with van der Waals surface area (Å²) in [5.41, 5.74) is 0. The monoisotopic (exact) mass is 266 g/mol. The Kier molecular flexibility index (Phi) is 20.3. The van der Waals surface area contributed by atoms with Crippen molar-refractivity contribution in [3.63, 3.8) is 0 Å². The first-order chi connectivity index (χ1) is 8.15. The van der Waals surface area contributed by atoms with Crippen molar-refractivity contribution < 1.29 is 18.1 Å². The third kappa shape index (κ3) is 31.3. The van der Waals surface area contributed by atoms with Crippen LogP contribution in [0, 0.1) is 0 Å². The molecule has 2 N–H and O–H groups in total. The first-order valence-corrected chi connectivity index (χ1v) is 7.45. The number of hydrogen-bond donors (Lipinski definition) is 2. The van der Waals surface area contributed by atoms with E-state index in [2.05, 4.69) is 6.92 Å². The van der Waals surface area contributed by atoms with Crippen molar-refractivity contribution in [3.05, 3.63) is 0 Å². The van der Waals surface area contributed by atoms with Gasteiger partial charge in [-0.05, 0) is 6.42 Å². The zero-order chi connectivity index (χ0) is 13.4. The first kappa shape index (κ1) is 19.1. The summed E-state index contributed by atoms with van der Waals surface area (Å²) in [5, 5.41) is 0. The molecule has 0 heterocycles. The Morgan fingerprint density at radius 3 is 1.59 bits per heavy atom. The molecule has 0 aliphatic rings. The zero-order valence-electron chi connectivity index (χ0n) is 10.8. The van der Waals surface area contributed by atoms with Gasteiger partial charge in [0, 0.05) is 6.42 Å². The normalized spacial score (nSPS) is 9.88. The van der Waals surface area contributed by atoms with Crippen molar-refractivity contribution in [3.8, 4) is 0 Å². The summed E-state index contributed by atoms with van der Waals surface area (Å²) < 4.78 is 22.8. The molecule has 104 valence electrons. The second-order valence-corrected chi connectivity index (χ2v) is 4.48. The summed E-state index contributed by atoms with van der Waals surface area (Å²) in [7, 11) is 0. The van der Waals surface area contributed by atoms with Gasteiger partial charge in [0.15, 0.2) is 0 Å². The van der Waals surface area contributed by atoms with Gasteiger partial charge in [0.1, 0.15) is 6.29 Å². The minimum Gasteiger partial charge on any atom is -0.303 e. The molecular formula is C12H26O4S. The summed E-state index contributed by atoms with van der Waals surface area (Å²) in [6.45, 7) is 2.25. The van der Waals surface area contributed by atoms with Crippen molar-refractivity contribution in [1.82, 2.24) is 0 Å².